The Morgan fingerprint density at radius 1 is 1.31 bits per heavy atom. The Kier molecular flexibility index (Phi) is 6.14. The van der Waals surface area contributed by atoms with Crippen molar-refractivity contribution in [1.29, 1.82) is 0 Å². The van der Waals surface area contributed by atoms with E-state index in [1.807, 2.05) is 33.8 Å². The lowest BCUT2D eigenvalue weighted by Crippen LogP contribution is -2.53. The maximum Gasteiger partial charge on any atom is 0.324 e. The van der Waals surface area contributed by atoms with E-state index in [1.54, 1.807) is 28.9 Å². The molecule has 2 aromatic rings. The van der Waals surface area contributed by atoms with Crippen LogP contribution in [-0.4, -0.2) is 27.8 Å². The van der Waals surface area contributed by atoms with Gasteiger partial charge in [-0.25, -0.2) is 9.48 Å². The molecule has 9 heteroatoms. The van der Waals surface area contributed by atoms with Gasteiger partial charge >= 0.3 is 6.03 Å². The molecule has 1 fully saturated rings. The predicted octanol–water partition coefficient (Wildman–Crippen LogP) is 3.82. The molecule has 2 unspecified atom stereocenters. The van der Waals surface area contributed by atoms with E-state index >= 15 is 0 Å². The van der Waals surface area contributed by atoms with Crippen LogP contribution in [0.25, 0.3) is 0 Å². The summed E-state index contributed by atoms with van der Waals surface area (Å²) in [5, 5.41) is 17.0. The summed E-state index contributed by atoms with van der Waals surface area (Å²) < 4.78 is 1.61. The monoisotopic (exact) mass is 418 g/mol. The Hall–Kier alpha value is -2.58. The highest BCUT2D eigenvalue weighted by molar-refractivity contribution is 6.30. The fourth-order valence-electron chi connectivity index (χ4n) is 3.05. The summed E-state index contributed by atoms with van der Waals surface area (Å²) in [5.41, 5.74) is 1.14. The van der Waals surface area contributed by atoms with Crippen LogP contribution in [0.15, 0.2) is 30.3 Å². The van der Waals surface area contributed by atoms with Gasteiger partial charge in [0.25, 0.3) is 0 Å². The lowest BCUT2D eigenvalue weighted by atomic mass is 9.92. The van der Waals surface area contributed by atoms with E-state index in [9.17, 15) is 9.59 Å². The Morgan fingerprint density at radius 2 is 2.07 bits per heavy atom. The highest BCUT2D eigenvalue weighted by atomic mass is 35.5. The van der Waals surface area contributed by atoms with Gasteiger partial charge in [0.15, 0.2) is 6.29 Å². The first-order chi connectivity index (χ1) is 13.7. The van der Waals surface area contributed by atoms with Crippen molar-refractivity contribution in [3.8, 4) is 0 Å². The van der Waals surface area contributed by atoms with Gasteiger partial charge in [-0.3, -0.25) is 15.4 Å². The standard InChI is InChI=1S/C20H27ClN6O2/c1-5-13-10-17(28)25-18(22-13)27-16(11-15(26-27)20(2,3)4)24-19(29)23-14-8-6-7-12(21)9-14/h6-9,11,13,18,22H,5,10H2,1-4H3,(H,25,28)(H2,23,24,29). The SMILES string of the molecule is CCC1CC(=O)NC(n2nc(C(C)(C)C)cc2NC(=O)Nc2cccc(Cl)c2)N1. The zero-order valence-corrected chi connectivity index (χ0v) is 17.8. The molecule has 156 valence electrons. The number of amides is 3. The Morgan fingerprint density at radius 3 is 2.72 bits per heavy atom. The van der Waals surface area contributed by atoms with E-state index in [0.717, 1.165) is 12.1 Å². The third kappa shape index (κ3) is 5.27. The zero-order valence-electron chi connectivity index (χ0n) is 17.0. The highest BCUT2D eigenvalue weighted by Gasteiger charge is 2.30. The van der Waals surface area contributed by atoms with Gasteiger partial charge in [0.05, 0.1) is 5.69 Å². The van der Waals surface area contributed by atoms with E-state index in [-0.39, 0.29) is 17.4 Å². The van der Waals surface area contributed by atoms with Crippen LogP contribution in [0.1, 0.15) is 52.5 Å². The van der Waals surface area contributed by atoms with E-state index in [1.165, 1.54) is 0 Å². The van der Waals surface area contributed by atoms with Crippen molar-refractivity contribution in [1.82, 2.24) is 20.4 Å². The fraction of sp³-hybridized carbons (Fsp3) is 0.450. The molecule has 1 aliphatic rings. The molecule has 29 heavy (non-hydrogen) atoms. The van der Waals surface area contributed by atoms with Crippen molar-refractivity contribution in [3.63, 3.8) is 0 Å². The third-order valence-electron chi connectivity index (χ3n) is 4.69. The van der Waals surface area contributed by atoms with Crippen LogP contribution in [0, 0.1) is 0 Å². The summed E-state index contributed by atoms with van der Waals surface area (Å²) in [6.07, 6.45) is 0.687. The average molecular weight is 419 g/mol. The first-order valence-electron chi connectivity index (χ1n) is 9.64. The largest absolute Gasteiger partial charge is 0.324 e. The van der Waals surface area contributed by atoms with Crippen LogP contribution in [-0.2, 0) is 10.2 Å². The molecule has 8 nitrogen and oxygen atoms in total. The Labute approximate surface area is 175 Å². The summed E-state index contributed by atoms with van der Waals surface area (Å²) in [4.78, 5) is 24.7. The minimum absolute atomic E-state index is 0.0455. The molecule has 0 radical (unpaired) electrons. The number of hydrogen-bond acceptors (Lipinski definition) is 4. The van der Waals surface area contributed by atoms with Crippen molar-refractivity contribution in [2.24, 2.45) is 0 Å². The third-order valence-corrected chi connectivity index (χ3v) is 4.92. The molecule has 0 saturated carbocycles. The second kappa shape index (κ2) is 8.42. The number of anilines is 2. The van der Waals surface area contributed by atoms with E-state index in [2.05, 4.69) is 26.4 Å². The molecule has 0 bridgehead atoms. The van der Waals surface area contributed by atoms with Crippen molar-refractivity contribution in [2.45, 2.75) is 58.3 Å². The molecule has 0 spiro atoms. The van der Waals surface area contributed by atoms with Gasteiger partial charge in [-0.15, -0.1) is 0 Å². The lowest BCUT2D eigenvalue weighted by Gasteiger charge is -2.32. The summed E-state index contributed by atoms with van der Waals surface area (Å²) in [5.74, 6) is 0.423. The van der Waals surface area contributed by atoms with Crippen LogP contribution in [0.4, 0.5) is 16.3 Å². The van der Waals surface area contributed by atoms with Crippen LogP contribution in [0.3, 0.4) is 0 Å². The smallest absolute Gasteiger partial charge is 0.322 e. The molecule has 2 atom stereocenters. The first kappa shape index (κ1) is 21.1. The topological polar surface area (TPSA) is 100 Å². The molecule has 1 aliphatic heterocycles. The number of carbonyl (C=O) groups is 2. The van der Waals surface area contributed by atoms with Gasteiger partial charge < -0.3 is 10.6 Å². The lowest BCUT2D eigenvalue weighted by molar-refractivity contribution is -0.125. The van der Waals surface area contributed by atoms with Crippen LogP contribution in [0.2, 0.25) is 5.02 Å². The number of aromatic nitrogens is 2. The summed E-state index contributed by atoms with van der Waals surface area (Å²) in [7, 11) is 0. The average Bonchev–Trinajstić information content (AvgIpc) is 3.05. The molecule has 1 aromatic carbocycles. The van der Waals surface area contributed by atoms with E-state index in [4.69, 9.17) is 11.6 Å². The second-order valence-corrected chi connectivity index (χ2v) is 8.58. The number of urea groups is 1. The maximum atomic E-state index is 12.6. The number of hydrogen-bond donors (Lipinski definition) is 4. The minimum atomic E-state index is -0.543. The normalized spacial score (nSPS) is 19.6. The van der Waals surface area contributed by atoms with Crippen molar-refractivity contribution < 1.29 is 9.59 Å². The van der Waals surface area contributed by atoms with Crippen LogP contribution < -0.4 is 21.3 Å². The number of halogens is 1. The molecule has 3 amide bonds. The van der Waals surface area contributed by atoms with Crippen molar-refractivity contribution >= 4 is 35.0 Å². The van der Waals surface area contributed by atoms with Gasteiger partial charge in [0.2, 0.25) is 5.91 Å². The molecule has 2 heterocycles. The number of nitrogens with zero attached hydrogens (tertiary/aromatic N) is 2. The summed E-state index contributed by atoms with van der Waals surface area (Å²) >= 11 is 5.98. The van der Waals surface area contributed by atoms with Crippen molar-refractivity contribution in [3.05, 3.63) is 41.0 Å². The number of carbonyl (C=O) groups excluding carboxylic acids is 2. The van der Waals surface area contributed by atoms with E-state index < -0.39 is 12.3 Å². The Balaban J connectivity index is 1.85. The van der Waals surface area contributed by atoms with E-state index in [0.29, 0.717) is 22.9 Å². The van der Waals surface area contributed by atoms with Crippen molar-refractivity contribution in [2.75, 3.05) is 10.6 Å². The molecule has 1 saturated heterocycles. The molecule has 3 rings (SSSR count). The number of nitrogens with one attached hydrogen (secondary N) is 4. The molecular weight excluding hydrogens is 392 g/mol. The molecule has 1 aromatic heterocycles. The maximum absolute atomic E-state index is 12.6. The summed E-state index contributed by atoms with van der Waals surface area (Å²) in [6.45, 7) is 8.14. The first-order valence-corrected chi connectivity index (χ1v) is 10.0. The van der Waals surface area contributed by atoms with Gasteiger partial charge in [0.1, 0.15) is 5.82 Å². The fourth-order valence-corrected chi connectivity index (χ4v) is 3.24. The molecule has 4 N–H and O–H groups in total. The van der Waals surface area contributed by atoms with Gasteiger partial charge in [-0.05, 0) is 24.6 Å². The van der Waals surface area contributed by atoms with Gasteiger partial charge in [0, 0.05) is 34.7 Å². The number of rotatable bonds is 4. The predicted molar refractivity (Wildman–Crippen MR) is 114 cm³/mol. The van der Waals surface area contributed by atoms with Crippen LogP contribution in [0.5, 0.6) is 0 Å². The quantitative estimate of drug-likeness (QED) is 0.606. The summed E-state index contributed by atoms with van der Waals surface area (Å²) in [6, 6.07) is 8.34. The second-order valence-electron chi connectivity index (χ2n) is 8.14. The van der Waals surface area contributed by atoms with Gasteiger partial charge in [-0.1, -0.05) is 45.4 Å². The molecule has 0 aliphatic carbocycles. The number of benzene rings is 1. The highest BCUT2D eigenvalue weighted by Crippen LogP contribution is 2.26. The molecular formula is C20H27ClN6O2. The van der Waals surface area contributed by atoms with Crippen LogP contribution >= 0.6 is 11.6 Å². The zero-order chi connectivity index (χ0) is 21.2. The Bertz CT molecular complexity index is 905. The minimum Gasteiger partial charge on any atom is -0.322 e. The van der Waals surface area contributed by atoms with Gasteiger partial charge in [-0.2, -0.15) is 5.10 Å².